The Labute approximate surface area is 113 Å². The molecule has 2 rings (SSSR count). The zero-order valence-corrected chi connectivity index (χ0v) is 11.3. The van der Waals surface area contributed by atoms with Crippen LogP contribution in [0.1, 0.15) is 5.56 Å². The van der Waals surface area contributed by atoms with Crippen LogP contribution in [-0.4, -0.2) is 45.8 Å². The highest BCUT2D eigenvalue weighted by Gasteiger charge is 2.18. The molecule has 0 aliphatic carbocycles. The highest BCUT2D eigenvalue weighted by Crippen LogP contribution is 2.20. The number of benzene rings is 1. The summed E-state index contributed by atoms with van der Waals surface area (Å²) >= 11 is 0. The summed E-state index contributed by atoms with van der Waals surface area (Å²) in [5, 5.41) is 6.19. The maximum absolute atomic E-state index is 11.5. The lowest BCUT2D eigenvalue weighted by molar-refractivity contribution is -0.120. The summed E-state index contributed by atoms with van der Waals surface area (Å²) in [4.78, 5) is 13.6. The summed E-state index contributed by atoms with van der Waals surface area (Å²) in [6, 6.07) is 8.22. The average Bonchev–Trinajstić information content (AvgIpc) is 2.44. The third kappa shape index (κ3) is 3.94. The van der Waals surface area contributed by atoms with Crippen LogP contribution in [-0.2, 0) is 16.1 Å². The van der Waals surface area contributed by atoms with Crippen LogP contribution in [0.3, 0.4) is 0 Å². The minimum Gasteiger partial charge on any atom is -0.383 e. The fourth-order valence-corrected chi connectivity index (χ4v) is 2.21. The van der Waals surface area contributed by atoms with Crippen LogP contribution in [0, 0.1) is 0 Å². The molecule has 2 N–H and O–H groups in total. The van der Waals surface area contributed by atoms with Crippen LogP contribution in [0.25, 0.3) is 0 Å². The van der Waals surface area contributed by atoms with Gasteiger partial charge in [0.25, 0.3) is 0 Å². The van der Waals surface area contributed by atoms with Crippen LogP contribution < -0.4 is 15.5 Å². The number of para-hydroxylation sites is 1. The summed E-state index contributed by atoms with van der Waals surface area (Å²) in [6.45, 7) is 4.33. The second-order valence-corrected chi connectivity index (χ2v) is 4.57. The molecule has 5 nitrogen and oxygen atoms in total. The summed E-state index contributed by atoms with van der Waals surface area (Å²) in [7, 11) is 1.70. The number of hydrogen-bond donors (Lipinski definition) is 2. The van der Waals surface area contributed by atoms with Gasteiger partial charge in [-0.1, -0.05) is 18.2 Å². The minimum absolute atomic E-state index is 0.0911. The number of carbonyl (C=O) groups is 1. The maximum Gasteiger partial charge on any atom is 0.239 e. The molecule has 1 saturated heterocycles. The molecule has 1 aliphatic heterocycles. The SMILES string of the molecule is COCCNCc1ccccc1N1CCNC(=O)C1. The fourth-order valence-electron chi connectivity index (χ4n) is 2.21. The van der Waals surface area contributed by atoms with E-state index in [4.69, 9.17) is 4.74 Å². The van der Waals surface area contributed by atoms with Gasteiger partial charge < -0.3 is 20.3 Å². The molecule has 104 valence electrons. The first-order chi connectivity index (χ1) is 9.31. The largest absolute Gasteiger partial charge is 0.383 e. The Balaban J connectivity index is 2.00. The molecule has 1 aromatic rings. The molecule has 0 atom stereocenters. The van der Waals surface area contributed by atoms with Gasteiger partial charge in [0, 0.05) is 39.0 Å². The molecule has 0 radical (unpaired) electrons. The van der Waals surface area contributed by atoms with Crippen molar-refractivity contribution < 1.29 is 9.53 Å². The first kappa shape index (κ1) is 13.8. The van der Waals surface area contributed by atoms with Crippen molar-refractivity contribution in [2.45, 2.75) is 6.54 Å². The van der Waals surface area contributed by atoms with Gasteiger partial charge in [0.1, 0.15) is 0 Å². The third-order valence-corrected chi connectivity index (χ3v) is 3.17. The molecular formula is C14H21N3O2. The van der Waals surface area contributed by atoms with E-state index in [0.29, 0.717) is 19.7 Å². The second kappa shape index (κ2) is 7.11. The molecule has 1 aliphatic rings. The predicted octanol–water partition coefficient (Wildman–Crippen LogP) is 0.359. The lowest BCUT2D eigenvalue weighted by Gasteiger charge is -2.30. The van der Waals surface area contributed by atoms with Crippen molar-refractivity contribution in [1.82, 2.24) is 10.6 Å². The lowest BCUT2D eigenvalue weighted by atomic mass is 10.1. The number of methoxy groups -OCH3 is 1. The number of nitrogens with one attached hydrogen (secondary N) is 2. The molecule has 0 spiro atoms. The van der Waals surface area contributed by atoms with Crippen molar-refractivity contribution >= 4 is 11.6 Å². The molecule has 1 amide bonds. The molecule has 1 fully saturated rings. The van der Waals surface area contributed by atoms with Crippen LogP contribution in [0.2, 0.25) is 0 Å². The van der Waals surface area contributed by atoms with Crippen LogP contribution in [0.5, 0.6) is 0 Å². The van der Waals surface area contributed by atoms with E-state index in [2.05, 4.69) is 27.7 Å². The number of piperazine rings is 1. The van der Waals surface area contributed by atoms with E-state index in [9.17, 15) is 4.79 Å². The molecule has 19 heavy (non-hydrogen) atoms. The average molecular weight is 263 g/mol. The van der Waals surface area contributed by atoms with E-state index in [-0.39, 0.29) is 5.91 Å². The highest BCUT2D eigenvalue weighted by atomic mass is 16.5. The van der Waals surface area contributed by atoms with Crippen molar-refractivity contribution in [3.8, 4) is 0 Å². The molecule has 0 unspecified atom stereocenters. The zero-order valence-electron chi connectivity index (χ0n) is 11.3. The normalized spacial score (nSPS) is 15.4. The van der Waals surface area contributed by atoms with Crippen molar-refractivity contribution in [1.29, 1.82) is 0 Å². The van der Waals surface area contributed by atoms with Gasteiger partial charge >= 0.3 is 0 Å². The van der Waals surface area contributed by atoms with Gasteiger partial charge in [0.05, 0.1) is 13.2 Å². The molecule has 1 aromatic carbocycles. The predicted molar refractivity (Wildman–Crippen MR) is 75.2 cm³/mol. The van der Waals surface area contributed by atoms with E-state index >= 15 is 0 Å². The summed E-state index contributed by atoms with van der Waals surface area (Å²) in [5.41, 5.74) is 2.36. The molecule has 1 heterocycles. The Bertz CT molecular complexity index is 423. The van der Waals surface area contributed by atoms with Gasteiger partial charge in [-0.2, -0.15) is 0 Å². The number of ether oxygens (including phenoxy) is 1. The Morgan fingerprint density at radius 1 is 1.42 bits per heavy atom. The van der Waals surface area contributed by atoms with E-state index in [1.54, 1.807) is 7.11 Å². The van der Waals surface area contributed by atoms with Crippen molar-refractivity contribution in [2.24, 2.45) is 0 Å². The molecular weight excluding hydrogens is 242 g/mol. The van der Waals surface area contributed by atoms with E-state index < -0.39 is 0 Å². The number of hydrogen-bond acceptors (Lipinski definition) is 4. The smallest absolute Gasteiger partial charge is 0.239 e. The van der Waals surface area contributed by atoms with Crippen molar-refractivity contribution in [2.75, 3.05) is 44.8 Å². The lowest BCUT2D eigenvalue weighted by Crippen LogP contribution is -2.48. The topological polar surface area (TPSA) is 53.6 Å². The quantitative estimate of drug-likeness (QED) is 0.728. The number of anilines is 1. The Hall–Kier alpha value is -1.59. The minimum atomic E-state index is 0.0911. The summed E-state index contributed by atoms with van der Waals surface area (Å²) < 4.78 is 5.01. The molecule has 0 bridgehead atoms. The number of rotatable bonds is 6. The van der Waals surface area contributed by atoms with E-state index in [1.165, 1.54) is 5.56 Å². The first-order valence-electron chi connectivity index (χ1n) is 6.60. The third-order valence-electron chi connectivity index (χ3n) is 3.17. The van der Waals surface area contributed by atoms with Gasteiger partial charge in [-0.15, -0.1) is 0 Å². The standard InChI is InChI=1S/C14H21N3O2/c1-19-9-7-15-10-12-4-2-3-5-13(12)17-8-6-16-14(18)11-17/h2-5,15H,6-11H2,1H3,(H,16,18). The van der Waals surface area contributed by atoms with Gasteiger partial charge in [-0.25, -0.2) is 0 Å². The Kier molecular flexibility index (Phi) is 5.18. The zero-order chi connectivity index (χ0) is 13.5. The van der Waals surface area contributed by atoms with Gasteiger partial charge in [-0.3, -0.25) is 4.79 Å². The Morgan fingerprint density at radius 2 is 2.26 bits per heavy atom. The molecule has 5 heteroatoms. The fraction of sp³-hybridized carbons (Fsp3) is 0.500. The molecule has 0 saturated carbocycles. The van der Waals surface area contributed by atoms with Gasteiger partial charge in [0.15, 0.2) is 0 Å². The summed E-state index contributed by atoms with van der Waals surface area (Å²) in [6.07, 6.45) is 0. The number of amides is 1. The number of carbonyl (C=O) groups excluding carboxylic acids is 1. The van der Waals surface area contributed by atoms with Crippen molar-refractivity contribution in [3.63, 3.8) is 0 Å². The molecule has 0 aromatic heterocycles. The maximum atomic E-state index is 11.5. The van der Waals surface area contributed by atoms with Gasteiger partial charge in [0.2, 0.25) is 5.91 Å². The van der Waals surface area contributed by atoms with E-state index in [0.717, 1.165) is 25.3 Å². The van der Waals surface area contributed by atoms with Crippen LogP contribution in [0.15, 0.2) is 24.3 Å². The summed E-state index contributed by atoms with van der Waals surface area (Å²) in [5.74, 6) is 0.0911. The van der Waals surface area contributed by atoms with Crippen molar-refractivity contribution in [3.05, 3.63) is 29.8 Å². The highest BCUT2D eigenvalue weighted by molar-refractivity contribution is 5.83. The van der Waals surface area contributed by atoms with E-state index in [1.807, 2.05) is 12.1 Å². The van der Waals surface area contributed by atoms with Crippen LogP contribution in [0.4, 0.5) is 5.69 Å². The number of nitrogens with zero attached hydrogens (tertiary/aromatic N) is 1. The Morgan fingerprint density at radius 3 is 3.05 bits per heavy atom. The van der Waals surface area contributed by atoms with Crippen LogP contribution >= 0.6 is 0 Å². The monoisotopic (exact) mass is 263 g/mol. The second-order valence-electron chi connectivity index (χ2n) is 4.57. The van der Waals surface area contributed by atoms with Gasteiger partial charge in [-0.05, 0) is 11.6 Å². The first-order valence-corrected chi connectivity index (χ1v) is 6.60.